The average Bonchev–Trinajstić information content (AvgIpc) is 3.01. The third-order valence-electron chi connectivity index (χ3n) is 5.29. The summed E-state index contributed by atoms with van der Waals surface area (Å²) in [5.74, 6) is 0.0424. The molecule has 1 atom stereocenters. The van der Waals surface area contributed by atoms with E-state index in [0.29, 0.717) is 22.3 Å². The Balaban J connectivity index is 2.27. The number of aromatic amines is 1. The lowest BCUT2D eigenvalue weighted by Crippen LogP contribution is -2.26. The van der Waals surface area contributed by atoms with Crippen molar-refractivity contribution in [3.63, 3.8) is 0 Å². The molecule has 0 saturated carbocycles. The number of carbonyl (C=O) groups excluding carboxylic acids is 3. The molecular weight excluding hydrogens is 338 g/mol. The zero-order chi connectivity index (χ0) is 19.7. The number of hydrogen-bond donors (Lipinski definition) is 1. The van der Waals surface area contributed by atoms with Gasteiger partial charge in [0, 0.05) is 22.4 Å². The van der Waals surface area contributed by atoms with Gasteiger partial charge in [-0.25, -0.2) is 0 Å². The average molecular weight is 363 g/mol. The van der Waals surface area contributed by atoms with E-state index in [9.17, 15) is 14.4 Å². The number of aryl methyl sites for hydroxylation is 1. The van der Waals surface area contributed by atoms with Gasteiger partial charge in [-0.2, -0.15) is 0 Å². The van der Waals surface area contributed by atoms with Crippen LogP contribution in [0.3, 0.4) is 0 Å². The number of rotatable bonds is 5. The van der Waals surface area contributed by atoms with Crippen molar-refractivity contribution < 1.29 is 14.4 Å². The number of nitrogens with one attached hydrogen (secondary N) is 1. The van der Waals surface area contributed by atoms with Crippen molar-refractivity contribution in [1.29, 1.82) is 0 Å². The van der Waals surface area contributed by atoms with Crippen molar-refractivity contribution in [3.05, 3.63) is 58.8 Å². The molecule has 140 valence electrons. The number of Topliss-reactive ketones (excluding diaryl/α,β-unsaturated/α-hetero) is 1. The second-order valence-electron chi connectivity index (χ2n) is 7.41. The molecular formula is C23H25NO3. The van der Waals surface area contributed by atoms with E-state index in [0.717, 1.165) is 23.8 Å². The predicted octanol–water partition coefficient (Wildman–Crippen LogP) is 5.09. The highest BCUT2D eigenvalue weighted by Crippen LogP contribution is 2.36. The van der Waals surface area contributed by atoms with Crippen LogP contribution in [-0.2, 0) is 6.42 Å². The van der Waals surface area contributed by atoms with Gasteiger partial charge in [-0.1, -0.05) is 26.0 Å². The first-order valence-electron chi connectivity index (χ1n) is 9.45. The summed E-state index contributed by atoms with van der Waals surface area (Å²) in [6, 6.07) is 3.43. The summed E-state index contributed by atoms with van der Waals surface area (Å²) in [5.41, 5.74) is 3.07. The van der Waals surface area contributed by atoms with Gasteiger partial charge in [0.25, 0.3) is 0 Å². The number of aromatic nitrogens is 1. The third kappa shape index (κ3) is 3.32. The van der Waals surface area contributed by atoms with Crippen molar-refractivity contribution >= 4 is 28.3 Å². The fourth-order valence-electron chi connectivity index (χ4n) is 3.90. The van der Waals surface area contributed by atoms with E-state index in [-0.39, 0.29) is 29.2 Å². The first kappa shape index (κ1) is 19.0. The Bertz CT molecular complexity index is 989. The molecule has 1 aliphatic rings. The number of hydrogen-bond acceptors (Lipinski definition) is 3. The molecule has 0 spiro atoms. The monoisotopic (exact) mass is 363 g/mol. The van der Waals surface area contributed by atoms with Crippen LogP contribution in [-0.4, -0.2) is 22.3 Å². The summed E-state index contributed by atoms with van der Waals surface area (Å²) in [6.07, 6.45) is 7.90. The smallest absolute Gasteiger partial charge is 0.187 e. The van der Waals surface area contributed by atoms with Gasteiger partial charge in [0.2, 0.25) is 0 Å². The van der Waals surface area contributed by atoms with Gasteiger partial charge in [0.05, 0.1) is 11.2 Å². The zero-order valence-corrected chi connectivity index (χ0v) is 16.3. The number of benzene rings is 1. The maximum Gasteiger partial charge on any atom is 0.187 e. The lowest BCUT2D eigenvalue weighted by atomic mass is 9.79. The highest BCUT2D eigenvalue weighted by Gasteiger charge is 2.33. The topological polar surface area (TPSA) is 67.0 Å². The van der Waals surface area contributed by atoms with Crippen LogP contribution in [0.2, 0.25) is 0 Å². The van der Waals surface area contributed by atoms with Gasteiger partial charge in [-0.3, -0.25) is 14.4 Å². The highest BCUT2D eigenvalue weighted by molar-refractivity contribution is 6.18. The summed E-state index contributed by atoms with van der Waals surface area (Å²) < 4.78 is 0. The molecule has 1 N–H and O–H groups in total. The van der Waals surface area contributed by atoms with Crippen LogP contribution in [0.5, 0.6) is 0 Å². The number of carbonyl (C=O) groups is 3. The molecule has 0 amide bonds. The molecule has 0 radical (unpaired) electrons. The Morgan fingerprint density at radius 2 is 1.78 bits per heavy atom. The molecule has 1 aliphatic carbocycles. The molecule has 1 unspecified atom stereocenters. The Kier molecular flexibility index (Phi) is 5.26. The maximum absolute atomic E-state index is 12.9. The predicted molar refractivity (Wildman–Crippen MR) is 108 cm³/mol. The summed E-state index contributed by atoms with van der Waals surface area (Å²) in [7, 11) is 0. The molecule has 0 fully saturated rings. The number of H-pyrrole nitrogens is 1. The van der Waals surface area contributed by atoms with E-state index in [4.69, 9.17) is 0 Å². The summed E-state index contributed by atoms with van der Waals surface area (Å²) >= 11 is 0. The Morgan fingerprint density at radius 3 is 2.41 bits per heavy atom. The van der Waals surface area contributed by atoms with Crippen LogP contribution in [0.4, 0.5) is 0 Å². The second kappa shape index (κ2) is 7.47. The fourth-order valence-corrected chi connectivity index (χ4v) is 3.90. The van der Waals surface area contributed by atoms with Crippen molar-refractivity contribution in [2.45, 2.75) is 40.5 Å². The van der Waals surface area contributed by atoms with Crippen LogP contribution in [0.15, 0.2) is 36.4 Å². The lowest BCUT2D eigenvalue weighted by molar-refractivity contribution is 0.0859. The normalized spacial score (nSPS) is 17.4. The van der Waals surface area contributed by atoms with Gasteiger partial charge in [0.15, 0.2) is 17.3 Å². The van der Waals surface area contributed by atoms with Crippen LogP contribution in [0.25, 0.3) is 10.9 Å². The zero-order valence-electron chi connectivity index (χ0n) is 16.3. The molecule has 4 nitrogen and oxygen atoms in total. The van der Waals surface area contributed by atoms with Gasteiger partial charge in [-0.15, -0.1) is 0 Å². The molecule has 0 aliphatic heterocycles. The molecule has 1 heterocycles. The van der Waals surface area contributed by atoms with Crippen LogP contribution < -0.4 is 0 Å². The maximum atomic E-state index is 12.9. The van der Waals surface area contributed by atoms with E-state index >= 15 is 0 Å². The minimum atomic E-state index is -0.177. The Morgan fingerprint density at radius 1 is 1.11 bits per heavy atom. The molecule has 27 heavy (non-hydrogen) atoms. The van der Waals surface area contributed by atoms with Crippen molar-refractivity contribution in [2.24, 2.45) is 11.8 Å². The molecule has 1 aromatic heterocycles. The second-order valence-corrected chi connectivity index (χ2v) is 7.41. The lowest BCUT2D eigenvalue weighted by Gasteiger charge is -2.24. The first-order valence-corrected chi connectivity index (χ1v) is 9.45. The van der Waals surface area contributed by atoms with Crippen molar-refractivity contribution in [3.8, 4) is 0 Å². The molecule has 1 aromatic carbocycles. The Labute approximate surface area is 159 Å². The molecule has 0 bridgehead atoms. The Hall–Kier alpha value is -2.75. The van der Waals surface area contributed by atoms with Crippen molar-refractivity contribution in [1.82, 2.24) is 4.98 Å². The van der Waals surface area contributed by atoms with E-state index in [2.05, 4.69) is 18.8 Å². The SMILES string of the molecule is C/C=C/C(=O)c1cc(C(=O)/C=C/C)c2[nH]c3c(c2c1)CCC(C(C)C)C3=O. The van der Waals surface area contributed by atoms with Gasteiger partial charge in [-0.05, 0) is 62.5 Å². The van der Waals surface area contributed by atoms with Crippen LogP contribution >= 0.6 is 0 Å². The van der Waals surface area contributed by atoms with E-state index in [1.54, 1.807) is 32.1 Å². The summed E-state index contributed by atoms with van der Waals surface area (Å²) in [6.45, 7) is 7.68. The number of ketones is 3. The fraction of sp³-hybridized carbons (Fsp3) is 0.348. The summed E-state index contributed by atoms with van der Waals surface area (Å²) in [5, 5.41) is 0.809. The minimum absolute atomic E-state index is 0.00983. The first-order chi connectivity index (χ1) is 12.9. The largest absolute Gasteiger partial charge is 0.351 e. The minimum Gasteiger partial charge on any atom is -0.351 e. The van der Waals surface area contributed by atoms with E-state index < -0.39 is 0 Å². The standard InChI is InChI=1S/C23H25NO3/c1-5-7-19(25)14-11-17-16-10-9-15(13(3)4)23(27)22(16)24-21(17)18(12-14)20(26)8-6-2/h5-8,11-13,15,24H,9-10H2,1-4H3/b7-5+,8-6+. The quantitative estimate of drug-likeness (QED) is 0.594. The molecule has 3 rings (SSSR count). The van der Waals surface area contributed by atoms with Gasteiger partial charge in [0.1, 0.15) is 0 Å². The molecule has 0 saturated heterocycles. The van der Waals surface area contributed by atoms with Gasteiger partial charge >= 0.3 is 0 Å². The highest BCUT2D eigenvalue weighted by atomic mass is 16.1. The van der Waals surface area contributed by atoms with E-state index in [1.807, 2.05) is 6.07 Å². The molecule has 4 heteroatoms. The van der Waals surface area contributed by atoms with Crippen LogP contribution in [0.1, 0.15) is 70.9 Å². The number of allylic oxidation sites excluding steroid dienone is 4. The number of fused-ring (bicyclic) bond motifs is 3. The molecule has 2 aromatic rings. The van der Waals surface area contributed by atoms with E-state index in [1.165, 1.54) is 12.2 Å². The van der Waals surface area contributed by atoms with Crippen molar-refractivity contribution in [2.75, 3.05) is 0 Å². The third-order valence-corrected chi connectivity index (χ3v) is 5.29. The van der Waals surface area contributed by atoms with Gasteiger partial charge < -0.3 is 4.98 Å². The van der Waals surface area contributed by atoms with Crippen LogP contribution in [0, 0.1) is 11.8 Å². The summed E-state index contributed by atoms with van der Waals surface area (Å²) in [4.78, 5) is 41.2.